The maximum Gasteiger partial charge on any atom is 0.230 e. The molecule has 7 nitrogen and oxygen atoms in total. The van der Waals surface area contributed by atoms with E-state index in [1.807, 2.05) is 36.5 Å². The van der Waals surface area contributed by atoms with Crippen molar-refractivity contribution in [3.63, 3.8) is 0 Å². The molecule has 1 unspecified atom stereocenters. The van der Waals surface area contributed by atoms with E-state index in [1.54, 1.807) is 30.9 Å². The molecule has 0 fully saturated rings. The highest BCUT2D eigenvalue weighted by molar-refractivity contribution is 5.92. The molecule has 4 heterocycles. The molecule has 7 heteroatoms. The summed E-state index contributed by atoms with van der Waals surface area (Å²) in [5.41, 5.74) is 4.42. The van der Waals surface area contributed by atoms with Gasteiger partial charge >= 0.3 is 0 Å². The summed E-state index contributed by atoms with van der Waals surface area (Å²) >= 11 is 0. The molecule has 0 radical (unpaired) electrons. The maximum atomic E-state index is 12.5. The van der Waals surface area contributed by atoms with Crippen LogP contribution in [0.5, 0.6) is 0 Å². The molecule has 2 N–H and O–H groups in total. The van der Waals surface area contributed by atoms with E-state index in [9.17, 15) is 4.79 Å². The minimum absolute atomic E-state index is 0.126. The van der Waals surface area contributed by atoms with Crippen molar-refractivity contribution in [3.8, 4) is 11.3 Å². The topological polar surface area (TPSA) is 92.7 Å². The second-order valence-electron chi connectivity index (χ2n) is 7.32. The van der Waals surface area contributed by atoms with Crippen molar-refractivity contribution in [2.75, 3.05) is 5.32 Å². The first-order chi connectivity index (χ1) is 14.5. The number of hydrogen-bond donors (Lipinski definition) is 2. The molecule has 1 aliphatic rings. The van der Waals surface area contributed by atoms with Gasteiger partial charge in [0.05, 0.1) is 17.7 Å². The van der Waals surface area contributed by atoms with Crippen molar-refractivity contribution >= 4 is 11.7 Å². The van der Waals surface area contributed by atoms with E-state index in [0.29, 0.717) is 5.82 Å². The number of hydrogen-bond acceptors (Lipinski definition) is 6. The number of pyridine rings is 2. The number of rotatable bonds is 5. The van der Waals surface area contributed by atoms with Crippen LogP contribution in [0.1, 0.15) is 25.8 Å². The molecule has 0 bridgehead atoms. The maximum absolute atomic E-state index is 12.5. The smallest absolute Gasteiger partial charge is 0.230 e. The molecule has 1 aliphatic heterocycles. The van der Waals surface area contributed by atoms with E-state index < -0.39 is 0 Å². The molecule has 0 saturated heterocycles. The van der Waals surface area contributed by atoms with Gasteiger partial charge in [0.2, 0.25) is 5.91 Å². The van der Waals surface area contributed by atoms with Gasteiger partial charge in [-0.1, -0.05) is 6.08 Å². The Balaban J connectivity index is 1.39. The largest absolute Gasteiger partial charge is 0.378 e. The van der Waals surface area contributed by atoms with Gasteiger partial charge in [0.25, 0.3) is 0 Å². The van der Waals surface area contributed by atoms with Crippen LogP contribution in [0.25, 0.3) is 11.3 Å². The van der Waals surface area contributed by atoms with Gasteiger partial charge in [0.1, 0.15) is 5.82 Å². The molecule has 1 amide bonds. The van der Waals surface area contributed by atoms with E-state index >= 15 is 0 Å². The van der Waals surface area contributed by atoms with Gasteiger partial charge in [0, 0.05) is 36.6 Å². The number of carbonyl (C=O) groups is 1. The first-order valence-electron chi connectivity index (χ1n) is 9.64. The number of aromatic nitrogens is 4. The minimum atomic E-state index is -0.319. The Hall–Kier alpha value is -3.87. The average molecular weight is 398 g/mol. The van der Waals surface area contributed by atoms with Crippen LogP contribution >= 0.6 is 0 Å². The Bertz CT molecular complexity index is 1090. The Labute approximate surface area is 175 Å². The zero-order chi connectivity index (χ0) is 21.0. The van der Waals surface area contributed by atoms with Crippen LogP contribution in [0.4, 0.5) is 5.82 Å². The highest BCUT2D eigenvalue weighted by Crippen LogP contribution is 2.32. The van der Waals surface area contributed by atoms with Crippen molar-refractivity contribution < 1.29 is 4.79 Å². The summed E-state index contributed by atoms with van der Waals surface area (Å²) in [5.74, 6) is 0.374. The van der Waals surface area contributed by atoms with E-state index in [-0.39, 0.29) is 17.9 Å². The summed E-state index contributed by atoms with van der Waals surface area (Å²) in [6, 6.07) is 11.3. The predicted octanol–water partition coefficient (Wildman–Crippen LogP) is 3.61. The fraction of sp³-hybridized carbons (Fsp3) is 0.174. The molecule has 0 spiro atoms. The van der Waals surface area contributed by atoms with Crippen LogP contribution in [-0.4, -0.2) is 26.1 Å². The Kier molecular flexibility index (Phi) is 5.34. The third-order valence-corrected chi connectivity index (χ3v) is 5.26. The number of dihydropyridines is 1. The molecule has 4 rings (SSSR count). The lowest BCUT2D eigenvalue weighted by molar-refractivity contribution is -0.115. The lowest BCUT2D eigenvalue weighted by atomic mass is 9.82. The summed E-state index contributed by atoms with van der Waals surface area (Å²) in [6.45, 7) is 4.18. The van der Waals surface area contributed by atoms with E-state index in [0.717, 1.165) is 28.0 Å². The van der Waals surface area contributed by atoms with Gasteiger partial charge in [-0.25, -0.2) is 4.98 Å². The van der Waals surface area contributed by atoms with Crippen molar-refractivity contribution in [1.29, 1.82) is 0 Å². The normalized spacial score (nSPS) is 18.1. The molecule has 150 valence electrons. The summed E-state index contributed by atoms with van der Waals surface area (Å²) in [7, 11) is 0. The monoisotopic (exact) mass is 398 g/mol. The number of anilines is 1. The average Bonchev–Trinajstić information content (AvgIpc) is 2.78. The van der Waals surface area contributed by atoms with Crippen molar-refractivity contribution in [2.24, 2.45) is 0 Å². The molecule has 0 aliphatic carbocycles. The Morgan fingerprint density at radius 3 is 2.63 bits per heavy atom. The standard InChI is InChI=1S/C23H22N6O/c1-16-12-17(14-26-23(16,2)19-7-10-24-11-8-19)13-22(30)28-21-6-5-18(15-25-21)20-4-3-9-27-29-20/h3-12,14-15,26H,13H2,1-2H3,(H,25,28,30). The molecule has 0 aromatic carbocycles. The molecule has 3 aromatic heterocycles. The zero-order valence-electron chi connectivity index (χ0n) is 16.8. The van der Waals surface area contributed by atoms with Crippen molar-refractivity contribution in [2.45, 2.75) is 25.8 Å². The Morgan fingerprint density at radius 2 is 1.97 bits per heavy atom. The number of nitrogens with one attached hydrogen (secondary N) is 2. The highest BCUT2D eigenvalue weighted by atomic mass is 16.1. The highest BCUT2D eigenvalue weighted by Gasteiger charge is 2.30. The number of amides is 1. The van der Waals surface area contributed by atoms with Gasteiger partial charge < -0.3 is 10.6 Å². The van der Waals surface area contributed by atoms with Gasteiger partial charge in [0.15, 0.2) is 0 Å². The van der Waals surface area contributed by atoms with E-state index in [2.05, 4.69) is 50.7 Å². The van der Waals surface area contributed by atoms with Crippen LogP contribution in [0.15, 0.2) is 84.6 Å². The molecule has 30 heavy (non-hydrogen) atoms. The first-order valence-corrected chi connectivity index (χ1v) is 9.64. The van der Waals surface area contributed by atoms with Crippen LogP contribution in [0, 0.1) is 0 Å². The van der Waals surface area contributed by atoms with Crippen molar-refractivity contribution in [3.05, 3.63) is 90.2 Å². The van der Waals surface area contributed by atoms with Crippen LogP contribution in [-0.2, 0) is 10.3 Å². The summed E-state index contributed by atoms with van der Waals surface area (Å²) in [6.07, 6.45) is 11.1. The van der Waals surface area contributed by atoms with Crippen LogP contribution < -0.4 is 10.6 Å². The van der Waals surface area contributed by atoms with Crippen LogP contribution in [0.3, 0.4) is 0 Å². The lowest BCUT2D eigenvalue weighted by Crippen LogP contribution is -2.39. The fourth-order valence-electron chi connectivity index (χ4n) is 3.36. The fourth-order valence-corrected chi connectivity index (χ4v) is 3.36. The third-order valence-electron chi connectivity index (χ3n) is 5.26. The van der Waals surface area contributed by atoms with E-state index in [4.69, 9.17) is 0 Å². The molecule has 3 aromatic rings. The zero-order valence-corrected chi connectivity index (χ0v) is 16.8. The summed E-state index contributed by atoms with van der Waals surface area (Å²) < 4.78 is 0. The lowest BCUT2D eigenvalue weighted by Gasteiger charge is -2.35. The van der Waals surface area contributed by atoms with Crippen molar-refractivity contribution in [1.82, 2.24) is 25.5 Å². The summed E-state index contributed by atoms with van der Waals surface area (Å²) in [5, 5.41) is 14.2. The first kappa shape index (κ1) is 19.4. The number of carbonyl (C=O) groups excluding carboxylic acids is 1. The number of nitrogens with zero attached hydrogens (tertiary/aromatic N) is 4. The summed E-state index contributed by atoms with van der Waals surface area (Å²) in [4.78, 5) is 20.9. The molecule has 0 saturated carbocycles. The second-order valence-corrected chi connectivity index (χ2v) is 7.32. The number of allylic oxidation sites excluding steroid dienone is 1. The second kappa shape index (κ2) is 8.24. The Morgan fingerprint density at radius 1 is 1.13 bits per heavy atom. The van der Waals surface area contributed by atoms with E-state index in [1.165, 1.54) is 0 Å². The molecule has 1 atom stereocenters. The SMILES string of the molecule is CC1=CC(CC(=O)Nc2ccc(-c3cccnn3)cn2)=CNC1(C)c1ccncc1. The predicted molar refractivity (Wildman–Crippen MR) is 115 cm³/mol. The van der Waals surface area contributed by atoms with Gasteiger partial charge in [-0.15, -0.1) is 0 Å². The van der Waals surface area contributed by atoms with Gasteiger partial charge in [-0.2, -0.15) is 10.2 Å². The third kappa shape index (κ3) is 4.10. The minimum Gasteiger partial charge on any atom is -0.378 e. The quantitative estimate of drug-likeness (QED) is 0.682. The van der Waals surface area contributed by atoms with Gasteiger partial charge in [-0.3, -0.25) is 9.78 Å². The molecular weight excluding hydrogens is 376 g/mol. The molecular formula is C23H22N6O. The van der Waals surface area contributed by atoms with Crippen LogP contribution in [0.2, 0.25) is 0 Å². The van der Waals surface area contributed by atoms with Gasteiger partial charge in [-0.05, 0) is 67.0 Å².